The van der Waals surface area contributed by atoms with E-state index in [-0.39, 0.29) is 0 Å². The number of thioether (sulfide) groups is 1. The fourth-order valence-corrected chi connectivity index (χ4v) is 3.95. The van der Waals surface area contributed by atoms with Gasteiger partial charge in [0.15, 0.2) is 0 Å². The minimum atomic E-state index is -1.08. The van der Waals surface area contributed by atoms with E-state index in [1.165, 1.54) is 0 Å². The molecule has 3 rings (SSSR count). The molecule has 0 aliphatic rings. The maximum absolute atomic E-state index is 11.5. The monoisotopic (exact) mass is 374 g/mol. The van der Waals surface area contributed by atoms with Gasteiger partial charge >= 0.3 is 0 Å². The molecule has 0 heterocycles. The van der Waals surface area contributed by atoms with Crippen LogP contribution in [0.1, 0.15) is 11.1 Å². The van der Waals surface area contributed by atoms with Gasteiger partial charge in [0.2, 0.25) is 0 Å². The van der Waals surface area contributed by atoms with Crippen LogP contribution < -0.4 is 0 Å². The second-order valence-electron chi connectivity index (χ2n) is 5.46. The molecule has 0 atom stereocenters. The van der Waals surface area contributed by atoms with Gasteiger partial charge in [0, 0.05) is 10.6 Å². The SMILES string of the molecule is OC(CSc1ccc(Cl)c(Cl)c1)(c1ccccc1)c1ccccc1. The van der Waals surface area contributed by atoms with Gasteiger partial charge in [0.25, 0.3) is 0 Å². The van der Waals surface area contributed by atoms with Gasteiger partial charge in [-0.05, 0) is 29.3 Å². The lowest BCUT2D eigenvalue weighted by Crippen LogP contribution is -2.30. The van der Waals surface area contributed by atoms with Crippen LogP contribution in [0.4, 0.5) is 0 Å². The highest BCUT2D eigenvalue weighted by Crippen LogP contribution is 2.36. The fraction of sp³-hybridized carbons (Fsp3) is 0.100. The zero-order valence-corrected chi connectivity index (χ0v) is 15.2. The van der Waals surface area contributed by atoms with Crippen molar-refractivity contribution in [3.63, 3.8) is 0 Å². The Balaban J connectivity index is 1.92. The van der Waals surface area contributed by atoms with Crippen LogP contribution in [0.2, 0.25) is 10.0 Å². The first-order chi connectivity index (χ1) is 11.6. The number of hydrogen-bond donors (Lipinski definition) is 1. The summed E-state index contributed by atoms with van der Waals surface area (Å²) >= 11 is 13.6. The van der Waals surface area contributed by atoms with Crippen molar-refractivity contribution in [2.75, 3.05) is 5.75 Å². The van der Waals surface area contributed by atoms with Crippen LogP contribution in [0, 0.1) is 0 Å². The Bertz CT molecular complexity index is 767. The molecule has 0 saturated heterocycles. The summed E-state index contributed by atoms with van der Waals surface area (Å²) in [5, 5.41) is 12.5. The predicted molar refractivity (Wildman–Crippen MR) is 103 cm³/mol. The highest BCUT2D eigenvalue weighted by Gasteiger charge is 2.31. The first-order valence-electron chi connectivity index (χ1n) is 7.51. The zero-order valence-electron chi connectivity index (χ0n) is 12.8. The number of aliphatic hydroxyl groups is 1. The van der Waals surface area contributed by atoms with E-state index in [0.717, 1.165) is 16.0 Å². The van der Waals surface area contributed by atoms with Crippen molar-refractivity contribution in [1.82, 2.24) is 0 Å². The lowest BCUT2D eigenvalue weighted by molar-refractivity contribution is 0.107. The Morgan fingerprint density at radius 3 is 1.79 bits per heavy atom. The minimum absolute atomic E-state index is 0.471. The molecule has 3 aromatic carbocycles. The first-order valence-corrected chi connectivity index (χ1v) is 9.25. The molecule has 4 heteroatoms. The van der Waals surface area contributed by atoms with E-state index in [1.54, 1.807) is 17.8 Å². The molecule has 122 valence electrons. The van der Waals surface area contributed by atoms with Gasteiger partial charge in [-0.25, -0.2) is 0 Å². The molecule has 24 heavy (non-hydrogen) atoms. The fourth-order valence-electron chi connectivity index (χ4n) is 2.52. The lowest BCUT2D eigenvalue weighted by atomic mass is 9.88. The van der Waals surface area contributed by atoms with E-state index in [9.17, 15) is 5.11 Å². The summed E-state index contributed by atoms with van der Waals surface area (Å²) in [5.41, 5.74) is 0.645. The molecule has 0 bridgehead atoms. The van der Waals surface area contributed by atoms with E-state index in [0.29, 0.717) is 15.8 Å². The molecule has 1 nitrogen and oxygen atoms in total. The second kappa shape index (κ2) is 7.62. The molecule has 0 aliphatic carbocycles. The molecular weight excluding hydrogens is 359 g/mol. The van der Waals surface area contributed by atoms with Crippen LogP contribution >= 0.6 is 35.0 Å². The lowest BCUT2D eigenvalue weighted by Gasteiger charge is -2.29. The highest BCUT2D eigenvalue weighted by atomic mass is 35.5. The average Bonchev–Trinajstić information content (AvgIpc) is 2.64. The van der Waals surface area contributed by atoms with Crippen molar-refractivity contribution in [1.29, 1.82) is 0 Å². The summed E-state index contributed by atoms with van der Waals surface area (Å²) < 4.78 is 0. The molecule has 1 N–H and O–H groups in total. The van der Waals surface area contributed by atoms with Crippen molar-refractivity contribution in [3.8, 4) is 0 Å². The summed E-state index contributed by atoms with van der Waals surface area (Å²) in [5.74, 6) is 0.471. The normalized spacial score (nSPS) is 11.5. The average molecular weight is 375 g/mol. The highest BCUT2D eigenvalue weighted by molar-refractivity contribution is 7.99. The Morgan fingerprint density at radius 1 is 0.750 bits per heavy atom. The summed E-state index contributed by atoms with van der Waals surface area (Å²) in [6.45, 7) is 0. The maximum atomic E-state index is 11.5. The zero-order chi connectivity index (χ0) is 17.0. The predicted octanol–water partition coefficient (Wildman–Crippen LogP) is 6.02. The van der Waals surface area contributed by atoms with Crippen molar-refractivity contribution < 1.29 is 5.11 Å². The van der Waals surface area contributed by atoms with Crippen molar-refractivity contribution in [3.05, 3.63) is 100 Å². The molecule has 0 spiro atoms. The second-order valence-corrected chi connectivity index (χ2v) is 7.32. The summed E-state index contributed by atoms with van der Waals surface area (Å²) in [4.78, 5) is 0.967. The minimum Gasteiger partial charge on any atom is -0.380 e. The Labute approximate surface area is 156 Å². The Kier molecular flexibility index (Phi) is 5.52. The molecule has 0 aliphatic heterocycles. The van der Waals surface area contributed by atoms with Gasteiger partial charge in [0.05, 0.1) is 10.0 Å². The van der Waals surface area contributed by atoms with Crippen LogP contribution in [-0.2, 0) is 5.60 Å². The number of rotatable bonds is 5. The summed E-state index contributed by atoms with van der Waals surface area (Å²) in [6, 6.07) is 24.9. The van der Waals surface area contributed by atoms with E-state index in [4.69, 9.17) is 23.2 Å². The number of benzene rings is 3. The molecule has 0 aromatic heterocycles. The Hall–Kier alpha value is -1.45. The molecule has 0 saturated carbocycles. The number of halogens is 2. The third-order valence-electron chi connectivity index (χ3n) is 3.84. The van der Waals surface area contributed by atoms with Crippen LogP contribution in [0.5, 0.6) is 0 Å². The molecule has 0 fully saturated rings. The van der Waals surface area contributed by atoms with Gasteiger partial charge < -0.3 is 5.11 Å². The van der Waals surface area contributed by atoms with Crippen LogP contribution in [-0.4, -0.2) is 10.9 Å². The van der Waals surface area contributed by atoms with E-state index < -0.39 is 5.60 Å². The van der Waals surface area contributed by atoms with Gasteiger partial charge in [0.1, 0.15) is 5.60 Å². The first kappa shape index (κ1) is 17.4. The van der Waals surface area contributed by atoms with Gasteiger partial charge in [-0.1, -0.05) is 83.9 Å². The van der Waals surface area contributed by atoms with E-state index >= 15 is 0 Å². The van der Waals surface area contributed by atoms with Gasteiger partial charge in [-0.15, -0.1) is 11.8 Å². The molecule has 0 unspecified atom stereocenters. The largest absolute Gasteiger partial charge is 0.380 e. The summed E-state index contributed by atoms with van der Waals surface area (Å²) in [7, 11) is 0. The van der Waals surface area contributed by atoms with Crippen molar-refractivity contribution >= 4 is 35.0 Å². The van der Waals surface area contributed by atoms with Crippen LogP contribution in [0.25, 0.3) is 0 Å². The Morgan fingerprint density at radius 2 is 1.29 bits per heavy atom. The van der Waals surface area contributed by atoms with Gasteiger partial charge in [-0.2, -0.15) is 0 Å². The standard InChI is InChI=1S/C20H16Cl2OS/c21-18-12-11-17(13-19(18)22)24-14-20(23,15-7-3-1-4-8-15)16-9-5-2-6-10-16/h1-13,23H,14H2. The molecule has 0 radical (unpaired) electrons. The molecule has 0 amide bonds. The topological polar surface area (TPSA) is 20.2 Å². The summed E-state index contributed by atoms with van der Waals surface area (Å²) in [6.07, 6.45) is 0. The third kappa shape index (κ3) is 3.79. The third-order valence-corrected chi connectivity index (χ3v) is 5.73. The van der Waals surface area contributed by atoms with Crippen LogP contribution in [0.15, 0.2) is 83.8 Å². The number of hydrogen-bond acceptors (Lipinski definition) is 2. The van der Waals surface area contributed by atoms with E-state index in [2.05, 4.69) is 0 Å². The molecule has 3 aromatic rings. The maximum Gasteiger partial charge on any atom is 0.124 e. The van der Waals surface area contributed by atoms with Crippen molar-refractivity contribution in [2.24, 2.45) is 0 Å². The molecular formula is C20H16Cl2OS. The van der Waals surface area contributed by atoms with Crippen molar-refractivity contribution in [2.45, 2.75) is 10.5 Å². The van der Waals surface area contributed by atoms with Gasteiger partial charge in [-0.3, -0.25) is 0 Å². The van der Waals surface area contributed by atoms with E-state index in [1.807, 2.05) is 72.8 Å². The quantitative estimate of drug-likeness (QED) is 0.550. The smallest absolute Gasteiger partial charge is 0.124 e. The van der Waals surface area contributed by atoms with Crippen LogP contribution in [0.3, 0.4) is 0 Å².